The molecule has 7 atom stereocenters. The molecule has 22 heavy (non-hydrogen) atoms. The molecule has 0 amide bonds. The molecule has 1 aliphatic heterocycles. The van der Waals surface area contributed by atoms with Gasteiger partial charge in [-0.15, -0.1) is 0 Å². The lowest BCUT2D eigenvalue weighted by molar-refractivity contribution is -0.150. The minimum atomic E-state index is -0.539. The van der Waals surface area contributed by atoms with E-state index in [4.69, 9.17) is 0 Å². The topological polar surface area (TPSA) is 49.3 Å². The Balaban J connectivity index is 1.63. The summed E-state index contributed by atoms with van der Waals surface area (Å²) in [5.74, 6) is 1.64. The summed E-state index contributed by atoms with van der Waals surface area (Å²) in [6, 6.07) is 0.712. The Labute approximate surface area is 134 Å². The van der Waals surface area contributed by atoms with Gasteiger partial charge in [0.25, 0.3) is 0 Å². The lowest BCUT2D eigenvalue weighted by Crippen LogP contribution is -2.59. The predicted octanol–water partition coefficient (Wildman–Crippen LogP) is 3.68. The van der Waals surface area contributed by atoms with Gasteiger partial charge in [0.15, 0.2) is 0 Å². The molecule has 1 heterocycles. The quantitative estimate of drug-likeness (QED) is 0.777. The zero-order valence-corrected chi connectivity index (χ0v) is 14.1. The molecule has 2 N–H and O–H groups in total. The molecule has 0 radical (unpaired) electrons. The minimum absolute atomic E-state index is 0.0678. The number of nitrogens with one attached hydrogen (secondary N) is 1. The maximum atomic E-state index is 11.7. The fourth-order valence-electron chi connectivity index (χ4n) is 7.30. The summed E-state index contributed by atoms with van der Waals surface area (Å²) in [6.07, 6.45) is 9.79. The highest BCUT2D eigenvalue weighted by Crippen LogP contribution is 2.65. The van der Waals surface area contributed by atoms with E-state index in [0.717, 1.165) is 31.1 Å². The van der Waals surface area contributed by atoms with Crippen LogP contribution in [0.4, 0.5) is 0 Å². The first kappa shape index (κ1) is 15.0. The molecular weight excluding hydrogens is 274 g/mol. The number of carboxylic acid groups (broad SMARTS) is 1. The predicted molar refractivity (Wildman–Crippen MR) is 86.5 cm³/mol. The minimum Gasteiger partial charge on any atom is -0.481 e. The van der Waals surface area contributed by atoms with E-state index in [0.29, 0.717) is 17.4 Å². The largest absolute Gasteiger partial charge is 0.481 e. The number of rotatable bonds is 1. The Kier molecular flexibility index (Phi) is 3.38. The van der Waals surface area contributed by atoms with E-state index in [1.54, 1.807) is 0 Å². The molecule has 0 aromatic heterocycles. The summed E-state index contributed by atoms with van der Waals surface area (Å²) < 4.78 is 0. The van der Waals surface area contributed by atoms with E-state index in [-0.39, 0.29) is 11.3 Å². The van der Waals surface area contributed by atoms with Crippen molar-refractivity contribution >= 4 is 5.97 Å². The van der Waals surface area contributed by atoms with Gasteiger partial charge in [0.2, 0.25) is 0 Å². The van der Waals surface area contributed by atoms with Crippen LogP contribution in [0.2, 0.25) is 0 Å². The van der Waals surface area contributed by atoms with Crippen LogP contribution in [0, 0.1) is 34.5 Å². The van der Waals surface area contributed by atoms with Gasteiger partial charge < -0.3 is 10.4 Å². The molecule has 3 aliphatic carbocycles. The molecule has 0 bridgehead atoms. The molecule has 0 aromatic rings. The van der Waals surface area contributed by atoms with Crippen molar-refractivity contribution < 1.29 is 9.90 Å². The zero-order chi connectivity index (χ0) is 15.5. The van der Waals surface area contributed by atoms with Crippen LogP contribution < -0.4 is 5.32 Å². The van der Waals surface area contributed by atoms with Crippen LogP contribution in [0.5, 0.6) is 0 Å². The first-order chi connectivity index (χ1) is 10.5. The summed E-state index contributed by atoms with van der Waals surface area (Å²) in [4.78, 5) is 11.7. The van der Waals surface area contributed by atoms with E-state index in [9.17, 15) is 9.90 Å². The lowest BCUT2D eigenvalue weighted by Gasteiger charge is -2.60. The standard InChI is InChI=1S/C19H31NO2/c1-18-10-8-14-12(13(18)5-6-15(18)17(21)22)4-7-16-19(14,2)9-3-11-20-16/h12-16,20H,3-11H2,1-2H3,(H,21,22)/t12-,13-,14-,15?,16?,18-,19+/m0/s1. The monoisotopic (exact) mass is 305 g/mol. The van der Waals surface area contributed by atoms with Crippen LogP contribution in [0.15, 0.2) is 0 Å². The molecule has 4 rings (SSSR count). The molecule has 0 spiro atoms. The molecule has 3 heteroatoms. The van der Waals surface area contributed by atoms with Gasteiger partial charge in [-0.3, -0.25) is 4.79 Å². The van der Waals surface area contributed by atoms with E-state index >= 15 is 0 Å². The van der Waals surface area contributed by atoms with Gasteiger partial charge in [-0.2, -0.15) is 0 Å². The average molecular weight is 305 g/mol. The summed E-state index contributed by atoms with van der Waals surface area (Å²) in [7, 11) is 0. The molecule has 124 valence electrons. The van der Waals surface area contributed by atoms with Crippen LogP contribution in [-0.4, -0.2) is 23.7 Å². The van der Waals surface area contributed by atoms with E-state index in [2.05, 4.69) is 19.2 Å². The lowest BCUT2D eigenvalue weighted by atomic mass is 9.47. The van der Waals surface area contributed by atoms with Crippen molar-refractivity contribution in [3.63, 3.8) is 0 Å². The highest BCUT2D eigenvalue weighted by Gasteiger charge is 2.60. The van der Waals surface area contributed by atoms with Crippen molar-refractivity contribution in [1.29, 1.82) is 0 Å². The fourth-order valence-corrected chi connectivity index (χ4v) is 7.30. The highest BCUT2D eigenvalue weighted by atomic mass is 16.4. The van der Waals surface area contributed by atoms with Crippen LogP contribution in [0.3, 0.4) is 0 Å². The van der Waals surface area contributed by atoms with Crippen molar-refractivity contribution in [1.82, 2.24) is 5.32 Å². The number of fused-ring (bicyclic) bond motifs is 5. The number of aliphatic carboxylic acids is 1. The van der Waals surface area contributed by atoms with E-state index < -0.39 is 5.97 Å². The summed E-state index contributed by atoms with van der Waals surface area (Å²) in [5.41, 5.74) is 0.530. The normalized spacial score (nSPS) is 54.2. The van der Waals surface area contributed by atoms with Crippen molar-refractivity contribution in [2.24, 2.45) is 34.5 Å². The third-order valence-electron chi connectivity index (χ3n) is 8.45. The van der Waals surface area contributed by atoms with Gasteiger partial charge in [-0.05, 0) is 86.5 Å². The Morgan fingerprint density at radius 3 is 2.55 bits per heavy atom. The van der Waals surface area contributed by atoms with Gasteiger partial charge in [0.1, 0.15) is 0 Å². The van der Waals surface area contributed by atoms with Gasteiger partial charge in [-0.1, -0.05) is 13.8 Å². The molecule has 0 aromatic carbocycles. The second-order valence-electron chi connectivity index (χ2n) is 9.08. The molecule has 4 aliphatic rings. The average Bonchev–Trinajstić information content (AvgIpc) is 2.84. The maximum absolute atomic E-state index is 11.7. The van der Waals surface area contributed by atoms with Gasteiger partial charge in [0.05, 0.1) is 5.92 Å². The van der Waals surface area contributed by atoms with Gasteiger partial charge in [-0.25, -0.2) is 0 Å². The smallest absolute Gasteiger partial charge is 0.307 e. The maximum Gasteiger partial charge on any atom is 0.307 e. The summed E-state index contributed by atoms with van der Waals surface area (Å²) in [5, 5.41) is 13.4. The molecule has 3 nitrogen and oxygen atoms in total. The Morgan fingerprint density at radius 1 is 1.00 bits per heavy atom. The van der Waals surface area contributed by atoms with Crippen molar-refractivity contribution in [2.75, 3.05) is 6.54 Å². The third-order valence-corrected chi connectivity index (χ3v) is 8.45. The Bertz CT molecular complexity index is 478. The number of hydrogen-bond acceptors (Lipinski definition) is 2. The van der Waals surface area contributed by atoms with Gasteiger partial charge >= 0.3 is 5.97 Å². The number of carboxylic acids is 1. The number of piperidine rings is 1. The van der Waals surface area contributed by atoms with Crippen LogP contribution in [0.1, 0.15) is 65.2 Å². The second kappa shape index (κ2) is 4.96. The first-order valence-electron chi connectivity index (χ1n) is 9.43. The Morgan fingerprint density at radius 2 is 1.77 bits per heavy atom. The first-order valence-corrected chi connectivity index (χ1v) is 9.43. The molecule has 3 saturated carbocycles. The summed E-state index contributed by atoms with van der Waals surface area (Å²) in [6.45, 7) is 6.03. The SMILES string of the molecule is C[C@]12CCCNC1CC[C@@H]1[C@@H]2CC[C@]2(C)C(C(=O)O)CC[C@@H]12. The van der Waals surface area contributed by atoms with Crippen molar-refractivity contribution in [3.8, 4) is 0 Å². The number of carbonyl (C=O) groups is 1. The molecular formula is C19H31NO2. The molecule has 1 saturated heterocycles. The Hall–Kier alpha value is -0.570. The van der Waals surface area contributed by atoms with E-state index in [1.165, 1.54) is 38.6 Å². The highest BCUT2D eigenvalue weighted by molar-refractivity contribution is 5.71. The van der Waals surface area contributed by atoms with Gasteiger partial charge in [0, 0.05) is 6.04 Å². The van der Waals surface area contributed by atoms with Crippen LogP contribution in [-0.2, 0) is 4.79 Å². The summed E-state index contributed by atoms with van der Waals surface area (Å²) >= 11 is 0. The fraction of sp³-hybridized carbons (Fsp3) is 0.947. The zero-order valence-electron chi connectivity index (χ0n) is 14.1. The van der Waals surface area contributed by atoms with Crippen LogP contribution in [0.25, 0.3) is 0 Å². The second-order valence-corrected chi connectivity index (χ2v) is 9.08. The van der Waals surface area contributed by atoms with E-state index in [1.807, 2.05) is 0 Å². The molecule has 2 unspecified atom stereocenters. The molecule has 4 fully saturated rings. The third kappa shape index (κ3) is 1.87. The van der Waals surface area contributed by atoms with Crippen molar-refractivity contribution in [3.05, 3.63) is 0 Å². The van der Waals surface area contributed by atoms with Crippen molar-refractivity contribution in [2.45, 2.75) is 71.3 Å². The number of hydrogen-bond donors (Lipinski definition) is 2. The van der Waals surface area contributed by atoms with Crippen LogP contribution >= 0.6 is 0 Å².